The first-order valence-corrected chi connectivity index (χ1v) is 13.1. The van der Waals surface area contributed by atoms with Crippen LogP contribution >= 0.6 is 0 Å². The van der Waals surface area contributed by atoms with Gasteiger partial charge in [0.25, 0.3) is 10.1 Å². The predicted octanol–water partition coefficient (Wildman–Crippen LogP) is 6.67. The van der Waals surface area contributed by atoms with Gasteiger partial charge in [-0.1, -0.05) is 97.3 Å². The molecule has 0 radical (unpaired) electrons. The molecule has 5 heteroatoms. The van der Waals surface area contributed by atoms with Crippen molar-refractivity contribution in [1.29, 1.82) is 0 Å². The highest BCUT2D eigenvalue weighted by Crippen LogP contribution is 2.20. The van der Waals surface area contributed by atoms with Gasteiger partial charge >= 0.3 is 0 Å². The maximum Gasteiger partial charge on any atom is 0.267 e. The summed E-state index contributed by atoms with van der Waals surface area (Å²) in [5, 5.41) is 9.41. The highest BCUT2D eigenvalue weighted by Gasteiger charge is 2.22. The molecule has 4 nitrogen and oxygen atoms in total. The lowest BCUT2D eigenvalue weighted by molar-refractivity contribution is 0.147. The topological polar surface area (TPSA) is 74.6 Å². The molecule has 0 fully saturated rings. The van der Waals surface area contributed by atoms with Crippen LogP contribution in [0.2, 0.25) is 0 Å². The molecule has 164 valence electrons. The van der Waals surface area contributed by atoms with Crippen molar-refractivity contribution in [2.24, 2.45) is 0 Å². The molecule has 0 aliphatic heterocycles. The Morgan fingerprint density at radius 1 is 0.593 bits per heavy atom. The molecule has 2 N–H and O–H groups in total. The number of aliphatic hydroxyl groups is 1. The summed E-state index contributed by atoms with van der Waals surface area (Å²) in [5.41, 5.74) is 0. The lowest BCUT2D eigenvalue weighted by Gasteiger charge is -2.15. The monoisotopic (exact) mass is 406 g/mol. The van der Waals surface area contributed by atoms with E-state index < -0.39 is 15.4 Å². The lowest BCUT2D eigenvalue weighted by atomic mass is 10.0. The van der Waals surface area contributed by atoms with Gasteiger partial charge < -0.3 is 5.11 Å². The Hall–Kier alpha value is -0.130. The van der Waals surface area contributed by atoms with Gasteiger partial charge in [-0.3, -0.25) is 4.55 Å². The zero-order valence-corrected chi connectivity index (χ0v) is 18.8. The van der Waals surface area contributed by atoms with Gasteiger partial charge in [0.2, 0.25) is 0 Å². The van der Waals surface area contributed by atoms with E-state index in [1.165, 1.54) is 57.8 Å². The number of hydrogen-bond acceptors (Lipinski definition) is 3. The molecular formula is C22H46O4S. The van der Waals surface area contributed by atoms with E-state index in [1.54, 1.807) is 0 Å². The first-order chi connectivity index (χ1) is 12.9. The summed E-state index contributed by atoms with van der Waals surface area (Å²) in [4.78, 5) is 0. The minimum atomic E-state index is -3.98. The van der Waals surface area contributed by atoms with Crippen LogP contribution in [-0.2, 0) is 10.1 Å². The second-order valence-corrected chi connectivity index (χ2v) is 9.88. The third kappa shape index (κ3) is 17.7. The highest BCUT2D eigenvalue weighted by molar-refractivity contribution is 7.86. The van der Waals surface area contributed by atoms with Gasteiger partial charge in [0.05, 0.1) is 11.4 Å². The van der Waals surface area contributed by atoms with Gasteiger partial charge in [0.15, 0.2) is 0 Å². The average molecular weight is 407 g/mol. The zero-order chi connectivity index (χ0) is 20.4. The summed E-state index contributed by atoms with van der Waals surface area (Å²) < 4.78 is 32.7. The molecule has 2 atom stereocenters. The van der Waals surface area contributed by atoms with Gasteiger partial charge in [0, 0.05) is 0 Å². The molecule has 0 amide bonds. The third-order valence-corrected chi connectivity index (χ3v) is 6.82. The smallest absolute Gasteiger partial charge is 0.267 e. The maximum absolute atomic E-state index is 11.6. The molecular weight excluding hydrogens is 360 g/mol. The van der Waals surface area contributed by atoms with E-state index in [9.17, 15) is 18.1 Å². The van der Waals surface area contributed by atoms with Gasteiger partial charge in [-0.15, -0.1) is 0 Å². The first kappa shape index (κ1) is 26.9. The van der Waals surface area contributed by atoms with Crippen LogP contribution in [0.4, 0.5) is 0 Å². The standard InChI is InChI=1S/C22H46O4S/c1-3-5-7-9-11-13-15-19-22(27(24,25)26)20-16-18-21(23)17-14-12-10-8-6-4-2/h21-23H,3-20H2,1-2H3,(H,24,25,26). The molecule has 0 bridgehead atoms. The van der Waals surface area contributed by atoms with E-state index in [0.29, 0.717) is 25.7 Å². The number of hydrogen-bond donors (Lipinski definition) is 2. The minimum Gasteiger partial charge on any atom is -0.393 e. The van der Waals surface area contributed by atoms with E-state index in [-0.39, 0.29) is 6.10 Å². The summed E-state index contributed by atoms with van der Waals surface area (Å²) in [7, 11) is -3.98. The summed E-state index contributed by atoms with van der Waals surface area (Å²) in [5.74, 6) is 0. The van der Waals surface area contributed by atoms with Crippen LogP contribution in [0.25, 0.3) is 0 Å². The largest absolute Gasteiger partial charge is 0.393 e. The van der Waals surface area contributed by atoms with Crippen LogP contribution in [0.15, 0.2) is 0 Å². The van der Waals surface area contributed by atoms with Crippen LogP contribution < -0.4 is 0 Å². The van der Waals surface area contributed by atoms with Crippen LogP contribution in [0.3, 0.4) is 0 Å². The molecule has 27 heavy (non-hydrogen) atoms. The maximum atomic E-state index is 11.6. The van der Waals surface area contributed by atoms with Gasteiger partial charge in [-0.2, -0.15) is 8.42 Å². The van der Waals surface area contributed by atoms with Gasteiger partial charge in [-0.05, 0) is 32.1 Å². The van der Waals surface area contributed by atoms with Crippen molar-refractivity contribution in [3.05, 3.63) is 0 Å². The molecule has 0 aliphatic rings. The van der Waals surface area contributed by atoms with Crippen LogP contribution in [0, 0.1) is 0 Å². The molecule has 0 heterocycles. The Labute approximate surface area is 169 Å². The molecule has 0 aromatic heterocycles. The first-order valence-electron chi connectivity index (χ1n) is 11.6. The minimum absolute atomic E-state index is 0.336. The van der Waals surface area contributed by atoms with Crippen LogP contribution in [0.5, 0.6) is 0 Å². The van der Waals surface area contributed by atoms with Crippen molar-refractivity contribution in [2.45, 2.75) is 141 Å². The summed E-state index contributed by atoms with van der Waals surface area (Å²) >= 11 is 0. The predicted molar refractivity (Wildman–Crippen MR) is 116 cm³/mol. The van der Waals surface area contributed by atoms with Crippen molar-refractivity contribution in [2.75, 3.05) is 0 Å². The van der Waals surface area contributed by atoms with E-state index >= 15 is 0 Å². The lowest BCUT2D eigenvalue weighted by Crippen LogP contribution is -2.21. The third-order valence-electron chi connectivity index (χ3n) is 5.51. The Bertz CT molecular complexity index is 409. The number of rotatable bonds is 20. The second kappa shape index (κ2) is 17.9. The number of aliphatic hydroxyl groups excluding tert-OH is 1. The van der Waals surface area contributed by atoms with Crippen molar-refractivity contribution >= 4 is 10.1 Å². The van der Waals surface area contributed by atoms with Crippen molar-refractivity contribution < 1.29 is 18.1 Å². The van der Waals surface area contributed by atoms with Crippen LogP contribution in [0.1, 0.15) is 129 Å². The normalized spacial score (nSPS) is 14.4. The molecule has 0 aromatic carbocycles. The van der Waals surface area contributed by atoms with Crippen molar-refractivity contribution in [1.82, 2.24) is 0 Å². The quantitative estimate of drug-likeness (QED) is 0.175. The fourth-order valence-electron chi connectivity index (χ4n) is 3.66. The second-order valence-electron chi connectivity index (χ2n) is 8.19. The Morgan fingerprint density at radius 2 is 0.963 bits per heavy atom. The average Bonchev–Trinajstić information content (AvgIpc) is 2.61. The molecule has 2 unspecified atom stereocenters. The molecule has 0 spiro atoms. The summed E-state index contributed by atoms with van der Waals surface area (Å²) in [6.07, 6.45) is 18.1. The fourth-order valence-corrected chi connectivity index (χ4v) is 4.59. The van der Waals surface area contributed by atoms with E-state index in [2.05, 4.69) is 13.8 Å². The SMILES string of the molecule is CCCCCCCCCC(CCCC(O)CCCCCCCC)S(=O)(=O)O. The van der Waals surface area contributed by atoms with Crippen molar-refractivity contribution in [3.63, 3.8) is 0 Å². The number of unbranched alkanes of at least 4 members (excludes halogenated alkanes) is 11. The highest BCUT2D eigenvalue weighted by atomic mass is 32.2. The summed E-state index contributed by atoms with van der Waals surface area (Å²) in [6.45, 7) is 4.40. The van der Waals surface area contributed by atoms with Gasteiger partial charge in [-0.25, -0.2) is 0 Å². The van der Waals surface area contributed by atoms with Crippen LogP contribution in [-0.4, -0.2) is 29.4 Å². The Morgan fingerprint density at radius 3 is 1.44 bits per heavy atom. The fraction of sp³-hybridized carbons (Fsp3) is 1.00. The molecule has 0 rings (SSSR count). The Balaban J connectivity index is 3.84. The molecule has 0 aliphatic carbocycles. The van der Waals surface area contributed by atoms with Crippen molar-refractivity contribution in [3.8, 4) is 0 Å². The molecule has 0 saturated carbocycles. The van der Waals surface area contributed by atoms with Gasteiger partial charge in [0.1, 0.15) is 0 Å². The Kier molecular flexibility index (Phi) is 17.8. The van der Waals surface area contributed by atoms with E-state index in [1.807, 2.05) is 0 Å². The molecule has 0 saturated heterocycles. The van der Waals surface area contributed by atoms with E-state index in [0.717, 1.165) is 32.1 Å². The molecule has 0 aromatic rings. The van der Waals surface area contributed by atoms with E-state index in [4.69, 9.17) is 0 Å². The zero-order valence-electron chi connectivity index (χ0n) is 18.0. The summed E-state index contributed by atoms with van der Waals surface area (Å²) in [6, 6.07) is 0.